The van der Waals surface area contributed by atoms with Crippen molar-refractivity contribution in [1.29, 1.82) is 0 Å². The molecule has 0 saturated heterocycles. The lowest BCUT2D eigenvalue weighted by Gasteiger charge is -2.27. The third-order valence-corrected chi connectivity index (χ3v) is 7.20. The van der Waals surface area contributed by atoms with Gasteiger partial charge in [-0.05, 0) is 38.5 Å². The second-order valence-corrected chi connectivity index (χ2v) is 12.7. The van der Waals surface area contributed by atoms with Gasteiger partial charge in [-0.2, -0.15) is 0 Å². The highest BCUT2D eigenvalue weighted by Gasteiger charge is 2.15. The molecule has 0 aromatic carbocycles. The number of rotatable bonds is 28. The smallest absolute Gasteiger partial charge is 0.268 e. The normalized spacial score (nSPS) is 15.0. The van der Waals surface area contributed by atoms with Crippen LogP contribution in [0.15, 0.2) is 24.3 Å². The number of aliphatic hydroxyl groups excluding tert-OH is 1. The van der Waals surface area contributed by atoms with Crippen LogP contribution in [-0.4, -0.2) is 69.8 Å². The maximum Gasteiger partial charge on any atom is 0.268 e. The fourth-order valence-corrected chi connectivity index (χ4v) is 4.54. The molecule has 0 fully saturated rings. The average Bonchev–Trinajstić information content (AvgIpc) is 2.85. The summed E-state index contributed by atoms with van der Waals surface area (Å²) in [5.41, 5.74) is 0. The first kappa shape index (κ1) is 37.5. The van der Waals surface area contributed by atoms with Gasteiger partial charge in [0.2, 0.25) is 0 Å². The Balaban J connectivity index is 3.39. The van der Waals surface area contributed by atoms with E-state index in [1.54, 1.807) is 0 Å². The number of hydrogen-bond acceptors (Lipinski definition) is 6. The van der Waals surface area contributed by atoms with Gasteiger partial charge >= 0.3 is 0 Å². The van der Waals surface area contributed by atoms with Crippen LogP contribution in [0.1, 0.15) is 110 Å². The summed E-state index contributed by atoms with van der Waals surface area (Å²) in [4.78, 5) is 11.7. The van der Waals surface area contributed by atoms with E-state index >= 15 is 0 Å². The van der Waals surface area contributed by atoms with Gasteiger partial charge in [-0.15, -0.1) is 0 Å². The SMILES string of the molecule is CCCCC/C=C\C/C=C\CCCCCCCCCCCCOCC(O)COP(=O)([O-])OCC[N+](C)(C)C. The molecular weight excluding hydrogens is 501 g/mol. The summed E-state index contributed by atoms with van der Waals surface area (Å²) in [6.07, 6.45) is 28.2. The average molecular weight is 562 g/mol. The second kappa shape index (κ2) is 25.4. The highest BCUT2D eigenvalue weighted by Crippen LogP contribution is 2.38. The number of aliphatic hydroxyl groups is 1. The number of allylic oxidation sites excluding steroid dienone is 4. The summed E-state index contributed by atoms with van der Waals surface area (Å²) in [7, 11) is 1.44. The van der Waals surface area contributed by atoms with Crippen molar-refractivity contribution in [3.05, 3.63) is 24.3 Å². The Morgan fingerprint density at radius 2 is 1.26 bits per heavy atom. The molecule has 0 spiro atoms. The quantitative estimate of drug-likeness (QED) is 0.0482. The van der Waals surface area contributed by atoms with E-state index < -0.39 is 13.9 Å². The van der Waals surface area contributed by atoms with Crippen LogP contribution in [0.3, 0.4) is 0 Å². The van der Waals surface area contributed by atoms with Crippen LogP contribution in [0.25, 0.3) is 0 Å². The van der Waals surface area contributed by atoms with Crippen LogP contribution in [0.2, 0.25) is 0 Å². The molecule has 0 aromatic rings. The predicted molar refractivity (Wildman–Crippen MR) is 157 cm³/mol. The number of unbranched alkanes of at least 4 members (excludes halogenated alkanes) is 13. The molecular formula is C30H60NO6P. The maximum atomic E-state index is 11.7. The molecule has 2 atom stereocenters. The monoisotopic (exact) mass is 561 g/mol. The molecule has 0 aliphatic carbocycles. The van der Waals surface area contributed by atoms with Gasteiger partial charge in [-0.25, -0.2) is 0 Å². The van der Waals surface area contributed by atoms with Gasteiger partial charge in [0.15, 0.2) is 0 Å². The lowest BCUT2D eigenvalue weighted by atomic mass is 10.1. The Labute approximate surface area is 234 Å². The first-order valence-electron chi connectivity index (χ1n) is 15.1. The number of phosphoric acid groups is 1. The maximum absolute atomic E-state index is 11.7. The summed E-state index contributed by atoms with van der Waals surface area (Å²) in [5.74, 6) is 0. The molecule has 226 valence electrons. The van der Waals surface area contributed by atoms with E-state index in [-0.39, 0.29) is 19.8 Å². The van der Waals surface area contributed by atoms with Crippen LogP contribution in [0.4, 0.5) is 0 Å². The van der Waals surface area contributed by atoms with E-state index in [1.807, 2.05) is 21.1 Å². The second-order valence-electron chi connectivity index (χ2n) is 11.3. The minimum atomic E-state index is -4.39. The lowest BCUT2D eigenvalue weighted by Crippen LogP contribution is -2.37. The van der Waals surface area contributed by atoms with Crippen LogP contribution < -0.4 is 4.89 Å². The molecule has 0 aromatic heterocycles. The standard InChI is InChI=1S/C30H60NO6P/c1-5-6-7-8-9-10-11-12-13-14-15-16-17-18-19-20-21-22-23-24-26-35-28-30(32)29-37-38(33,34)36-27-25-31(2,3)4/h9-10,12-13,30,32H,5-8,11,14-29H2,1-4H3/b10-9-,13-12-. The number of quaternary nitrogens is 1. The Hall–Kier alpha value is -0.530. The van der Waals surface area contributed by atoms with E-state index in [9.17, 15) is 14.6 Å². The molecule has 0 bridgehead atoms. The van der Waals surface area contributed by atoms with Crippen molar-refractivity contribution in [2.45, 2.75) is 116 Å². The van der Waals surface area contributed by atoms with Gasteiger partial charge in [0.1, 0.15) is 19.3 Å². The van der Waals surface area contributed by atoms with Gasteiger partial charge in [-0.1, -0.05) is 95.4 Å². The van der Waals surface area contributed by atoms with Gasteiger partial charge in [0, 0.05) is 6.61 Å². The Morgan fingerprint density at radius 1 is 0.737 bits per heavy atom. The number of ether oxygens (including phenoxy) is 1. The van der Waals surface area contributed by atoms with E-state index in [4.69, 9.17) is 13.8 Å². The largest absolute Gasteiger partial charge is 0.756 e. The van der Waals surface area contributed by atoms with Crippen molar-refractivity contribution < 1.29 is 32.8 Å². The molecule has 0 radical (unpaired) electrons. The molecule has 0 saturated carbocycles. The molecule has 2 unspecified atom stereocenters. The minimum Gasteiger partial charge on any atom is -0.756 e. The number of phosphoric ester groups is 1. The fraction of sp³-hybridized carbons (Fsp3) is 0.867. The zero-order valence-corrected chi connectivity index (χ0v) is 26.0. The van der Waals surface area contributed by atoms with Crippen LogP contribution in [0.5, 0.6) is 0 Å². The van der Waals surface area contributed by atoms with Crippen molar-refractivity contribution in [2.24, 2.45) is 0 Å². The number of likely N-dealkylation sites (N-methyl/N-ethyl adjacent to an activating group) is 1. The van der Waals surface area contributed by atoms with E-state index in [0.717, 1.165) is 19.3 Å². The summed E-state index contributed by atoms with van der Waals surface area (Å²) in [6, 6.07) is 0. The first-order valence-corrected chi connectivity index (χ1v) is 16.6. The minimum absolute atomic E-state index is 0.0481. The van der Waals surface area contributed by atoms with Crippen LogP contribution >= 0.6 is 7.82 Å². The van der Waals surface area contributed by atoms with Crippen molar-refractivity contribution in [3.63, 3.8) is 0 Å². The van der Waals surface area contributed by atoms with Crippen molar-refractivity contribution in [3.8, 4) is 0 Å². The molecule has 7 nitrogen and oxygen atoms in total. The molecule has 0 amide bonds. The fourth-order valence-electron chi connectivity index (χ4n) is 3.81. The molecule has 38 heavy (non-hydrogen) atoms. The lowest BCUT2D eigenvalue weighted by molar-refractivity contribution is -0.870. The molecule has 8 heteroatoms. The van der Waals surface area contributed by atoms with Crippen LogP contribution in [-0.2, 0) is 18.3 Å². The number of hydrogen-bond donors (Lipinski definition) is 1. The highest BCUT2D eigenvalue weighted by molar-refractivity contribution is 7.45. The molecule has 1 N–H and O–H groups in total. The van der Waals surface area contributed by atoms with Crippen molar-refractivity contribution in [2.75, 3.05) is 54.1 Å². The van der Waals surface area contributed by atoms with Gasteiger partial charge in [0.05, 0.1) is 34.4 Å². The van der Waals surface area contributed by atoms with Gasteiger partial charge in [-0.3, -0.25) is 4.57 Å². The zero-order chi connectivity index (χ0) is 28.4. The van der Waals surface area contributed by atoms with E-state index in [0.29, 0.717) is 17.6 Å². The zero-order valence-electron chi connectivity index (χ0n) is 25.1. The summed E-state index contributed by atoms with van der Waals surface area (Å²) in [5, 5.41) is 9.86. The van der Waals surface area contributed by atoms with Crippen molar-refractivity contribution >= 4 is 7.82 Å². The molecule has 0 heterocycles. The summed E-state index contributed by atoms with van der Waals surface area (Å²) < 4.78 is 27.3. The molecule has 0 rings (SSSR count). The Kier molecular flexibility index (Phi) is 25.1. The number of nitrogens with zero attached hydrogens (tertiary/aromatic N) is 1. The summed E-state index contributed by atoms with van der Waals surface area (Å²) in [6.45, 7) is 3.11. The van der Waals surface area contributed by atoms with Gasteiger partial charge in [0.25, 0.3) is 7.82 Å². The Morgan fingerprint density at radius 3 is 1.82 bits per heavy atom. The van der Waals surface area contributed by atoms with Crippen molar-refractivity contribution in [1.82, 2.24) is 0 Å². The molecule has 0 aliphatic heterocycles. The predicted octanol–water partition coefficient (Wildman–Crippen LogP) is 6.95. The van der Waals surface area contributed by atoms with E-state index in [2.05, 4.69) is 31.2 Å². The first-order chi connectivity index (χ1) is 18.2. The highest BCUT2D eigenvalue weighted by atomic mass is 31.2. The van der Waals surface area contributed by atoms with Gasteiger partial charge < -0.3 is 28.3 Å². The topological polar surface area (TPSA) is 88.0 Å². The third kappa shape index (κ3) is 30.0. The van der Waals surface area contributed by atoms with E-state index in [1.165, 1.54) is 83.5 Å². The third-order valence-electron chi connectivity index (χ3n) is 6.24. The molecule has 0 aliphatic rings. The Bertz CT molecular complexity index is 620. The van der Waals surface area contributed by atoms with Crippen LogP contribution in [0, 0.1) is 0 Å². The summed E-state index contributed by atoms with van der Waals surface area (Å²) >= 11 is 0.